The van der Waals surface area contributed by atoms with Crippen LogP contribution in [0.25, 0.3) is 0 Å². The minimum absolute atomic E-state index is 0.894. The summed E-state index contributed by atoms with van der Waals surface area (Å²) in [5, 5.41) is 0. The van der Waals surface area contributed by atoms with E-state index < -0.39 is 8.07 Å². The smallest absolute Gasteiger partial charge is 0.117 e. The van der Waals surface area contributed by atoms with Gasteiger partial charge in [0, 0.05) is 0 Å². The summed E-state index contributed by atoms with van der Waals surface area (Å²) in [6, 6.07) is 2.47. The Morgan fingerprint density at radius 2 is 1.75 bits per heavy atom. The fourth-order valence-corrected chi connectivity index (χ4v) is 6.31. The number of hydrogen-bond acceptors (Lipinski definition) is 0. The standard InChI is InChI=1S/C11H19Si/c1-4-12(5-2,6-3)11-9-7-8-10-11/h11H,4-5,7-10H2,1-2H3. The van der Waals surface area contributed by atoms with Gasteiger partial charge in [-0.2, -0.15) is 0 Å². The van der Waals surface area contributed by atoms with E-state index in [-0.39, 0.29) is 0 Å². The van der Waals surface area contributed by atoms with Crippen LogP contribution in [0.1, 0.15) is 39.5 Å². The molecule has 0 N–H and O–H groups in total. The molecule has 0 nitrogen and oxygen atoms in total. The third-order valence-corrected chi connectivity index (χ3v) is 8.81. The van der Waals surface area contributed by atoms with Crippen LogP contribution in [-0.4, -0.2) is 8.07 Å². The Kier molecular flexibility index (Phi) is 3.40. The van der Waals surface area contributed by atoms with Gasteiger partial charge in [0.25, 0.3) is 0 Å². The highest BCUT2D eigenvalue weighted by Crippen LogP contribution is 2.41. The Morgan fingerprint density at radius 1 is 1.25 bits per heavy atom. The molecule has 1 rings (SSSR count). The molecule has 0 atom stereocenters. The van der Waals surface area contributed by atoms with Crippen LogP contribution in [0.2, 0.25) is 17.6 Å². The average molecular weight is 179 g/mol. The van der Waals surface area contributed by atoms with E-state index >= 15 is 0 Å². The van der Waals surface area contributed by atoms with E-state index in [2.05, 4.69) is 19.4 Å². The van der Waals surface area contributed by atoms with Crippen molar-refractivity contribution in [1.82, 2.24) is 0 Å². The molecular formula is C11H19Si. The molecule has 1 heteroatoms. The summed E-state index contributed by atoms with van der Waals surface area (Å²) in [7, 11) is -1.37. The van der Waals surface area contributed by atoms with Gasteiger partial charge in [-0.25, -0.2) is 0 Å². The molecule has 0 amide bonds. The van der Waals surface area contributed by atoms with Crippen LogP contribution in [0.4, 0.5) is 0 Å². The van der Waals surface area contributed by atoms with E-state index in [0.29, 0.717) is 0 Å². The highest BCUT2D eigenvalue weighted by molar-refractivity contribution is 6.88. The Labute approximate surface area is 77.8 Å². The Morgan fingerprint density at radius 3 is 2.08 bits per heavy atom. The lowest BCUT2D eigenvalue weighted by Gasteiger charge is -2.29. The zero-order chi connectivity index (χ0) is 9.03. The van der Waals surface area contributed by atoms with Gasteiger partial charge in [-0.1, -0.05) is 39.5 Å². The SMILES string of the molecule is [C]#C[Si](CC)(CC)C1CCCC1. The maximum absolute atomic E-state index is 7.48. The summed E-state index contributed by atoms with van der Waals surface area (Å²) in [6.07, 6.45) is 13.1. The zero-order valence-corrected chi connectivity index (χ0v) is 9.32. The van der Waals surface area contributed by atoms with E-state index in [4.69, 9.17) is 6.42 Å². The first kappa shape index (κ1) is 9.86. The van der Waals surface area contributed by atoms with Gasteiger partial charge in [-0.3, -0.25) is 0 Å². The average Bonchev–Trinajstić information content (AvgIpc) is 2.62. The molecule has 67 valence electrons. The lowest BCUT2D eigenvalue weighted by Crippen LogP contribution is -2.35. The minimum Gasteiger partial charge on any atom is -0.117 e. The van der Waals surface area contributed by atoms with E-state index in [9.17, 15) is 0 Å². The summed E-state index contributed by atoms with van der Waals surface area (Å²) in [5.74, 6) is 0. The minimum atomic E-state index is -1.37. The van der Waals surface area contributed by atoms with Crippen molar-refractivity contribution in [3.05, 3.63) is 6.42 Å². The summed E-state index contributed by atoms with van der Waals surface area (Å²) in [6.45, 7) is 4.52. The highest BCUT2D eigenvalue weighted by Gasteiger charge is 2.38. The van der Waals surface area contributed by atoms with E-state index in [1.807, 2.05) is 0 Å². The maximum atomic E-state index is 7.48. The molecule has 0 heterocycles. The van der Waals surface area contributed by atoms with Gasteiger partial charge in [0.05, 0.1) is 0 Å². The molecule has 0 spiro atoms. The van der Waals surface area contributed by atoms with E-state index in [1.54, 1.807) is 0 Å². The zero-order valence-electron chi connectivity index (χ0n) is 8.32. The van der Waals surface area contributed by atoms with Gasteiger partial charge in [-0.15, -0.1) is 5.54 Å². The molecule has 0 aromatic carbocycles. The summed E-state index contributed by atoms with van der Waals surface area (Å²) in [4.78, 5) is 0. The molecule has 0 bridgehead atoms. The second kappa shape index (κ2) is 4.14. The first-order valence-electron chi connectivity index (χ1n) is 5.23. The van der Waals surface area contributed by atoms with Crippen LogP contribution in [0, 0.1) is 12.0 Å². The van der Waals surface area contributed by atoms with Crippen LogP contribution in [0.3, 0.4) is 0 Å². The van der Waals surface area contributed by atoms with Crippen LogP contribution in [0.15, 0.2) is 0 Å². The molecule has 1 saturated carbocycles. The van der Waals surface area contributed by atoms with Gasteiger partial charge in [0.15, 0.2) is 0 Å². The van der Waals surface area contributed by atoms with Crippen molar-refractivity contribution < 1.29 is 0 Å². The van der Waals surface area contributed by atoms with Crippen molar-refractivity contribution in [3.63, 3.8) is 0 Å². The highest BCUT2D eigenvalue weighted by atomic mass is 28.3. The molecule has 1 aliphatic carbocycles. The van der Waals surface area contributed by atoms with Gasteiger partial charge in [0.2, 0.25) is 0 Å². The molecule has 1 fully saturated rings. The largest absolute Gasteiger partial charge is 0.142 e. The van der Waals surface area contributed by atoms with Crippen molar-refractivity contribution in [2.75, 3.05) is 0 Å². The van der Waals surface area contributed by atoms with Crippen molar-refractivity contribution in [2.45, 2.75) is 57.2 Å². The lowest BCUT2D eigenvalue weighted by atomic mass is 10.4. The molecule has 0 unspecified atom stereocenters. The molecule has 12 heavy (non-hydrogen) atoms. The van der Waals surface area contributed by atoms with Crippen molar-refractivity contribution in [2.24, 2.45) is 0 Å². The molecule has 1 aliphatic rings. The first-order valence-corrected chi connectivity index (χ1v) is 7.72. The molecule has 0 saturated heterocycles. The summed E-state index contributed by atoms with van der Waals surface area (Å²) in [5.41, 5.74) is 3.84. The van der Waals surface area contributed by atoms with Gasteiger partial charge >= 0.3 is 0 Å². The third-order valence-electron chi connectivity index (χ3n) is 3.65. The Balaban J connectivity index is 2.70. The quantitative estimate of drug-likeness (QED) is 0.459. The second-order valence-electron chi connectivity index (χ2n) is 3.97. The Hall–Kier alpha value is -0.223. The van der Waals surface area contributed by atoms with Crippen LogP contribution in [-0.2, 0) is 0 Å². The third kappa shape index (κ3) is 1.59. The number of hydrogen-bond donors (Lipinski definition) is 0. The van der Waals surface area contributed by atoms with E-state index in [1.165, 1.54) is 37.8 Å². The molecule has 0 aromatic heterocycles. The van der Waals surface area contributed by atoms with Crippen LogP contribution < -0.4 is 0 Å². The van der Waals surface area contributed by atoms with Crippen LogP contribution >= 0.6 is 0 Å². The molecule has 1 radical (unpaired) electrons. The fraction of sp³-hybridized carbons (Fsp3) is 0.818. The summed E-state index contributed by atoms with van der Waals surface area (Å²) >= 11 is 0. The summed E-state index contributed by atoms with van der Waals surface area (Å²) < 4.78 is 0. The topological polar surface area (TPSA) is 0 Å². The molecule has 0 aromatic rings. The first-order chi connectivity index (χ1) is 5.79. The lowest BCUT2D eigenvalue weighted by molar-refractivity contribution is 0.827. The maximum Gasteiger partial charge on any atom is 0.142 e. The molecule has 0 aliphatic heterocycles. The molecular weight excluding hydrogens is 160 g/mol. The second-order valence-corrected chi connectivity index (χ2v) is 8.76. The van der Waals surface area contributed by atoms with Crippen molar-refractivity contribution in [3.8, 4) is 5.54 Å². The Bertz CT molecular complexity index is 168. The van der Waals surface area contributed by atoms with Gasteiger partial charge in [0.1, 0.15) is 8.07 Å². The monoisotopic (exact) mass is 179 g/mol. The fourth-order valence-electron chi connectivity index (χ4n) is 2.58. The van der Waals surface area contributed by atoms with E-state index in [0.717, 1.165) is 5.54 Å². The van der Waals surface area contributed by atoms with Crippen LogP contribution in [0.5, 0.6) is 0 Å². The van der Waals surface area contributed by atoms with Crippen molar-refractivity contribution >= 4 is 8.07 Å². The predicted molar refractivity (Wildman–Crippen MR) is 56.1 cm³/mol. The predicted octanol–water partition coefficient (Wildman–Crippen LogP) is 3.55. The number of rotatable bonds is 3. The normalized spacial score (nSPS) is 19.4. The van der Waals surface area contributed by atoms with Gasteiger partial charge in [-0.05, 0) is 24.1 Å². The van der Waals surface area contributed by atoms with Gasteiger partial charge < -0.3 is 0 Å². The van der Waals surface area contributed by atoms with Crippen molar-refractivity contribution in [1.29, 1.82) is 0 Å².